The van der Waals surface area contributed by atoms with Crippen LogP contribution in [0.15, 0.2) is 42.5 Å². The first-order valence-corrected chi connectivity index (χ1v) is 9.51. The monoisotopic (exact) mass is 475 g/mol. The van der Waals surface area contributed by atoms with Gasteiger partial charge >= 0.3 is 0 Å². The molecule has 3 aromatic rings. The number of hydrazine groups is 1. The Morgan fingerprint density at radius 1 is 1.07 bits per heavy atom. The normalized spacial score (nSPS) is 29.9. The summed E-state index contributed by atoms with van der Waals surface area (Å²) in [7, 11) is 0. The van der Waals surface area contributed by atoms with Crippen LogP contribution in [0.2, 0.25) is 15.1 Å². The number of hydrogen-bond acceptors (Lipinski definition) is 3. The topological polar surface area (TPSA) is 50.2 Å². The maximum atomic E-state index is 13.7. The Hall–Kier alpha value is -2.05. The van der Waals surface area contributed by atoms with Crippen molar-refractivity contribution >= 4 is 40.7 Å². The summed E-state index contributed by atoms with van der Waals surface area (Å²) in [6.07, 6.45) is -11.2. The van der Waals surface area contributed by atoms with Crippen LogP contribution >= 0.6 is 34.8 Å². The number of benzene rings is 2. The van der Waals surface area contributed by atoms with Gasteiger partial charge < -0.3 is 0 Å². The summed E-state index contributed by atoms with van der Waals surface area (Å²) >= 11 is 18.4. The molecule has 0 radical (unpaired) electrons. The number of hydrogen-bond donors (Lipinski definition) is 1. The summed E-state index contributed by atoms with van der Waals surface area (Å²) in [5.74, 6) is -1.56. The van der Waals surface area contributed by atoms with E-state index in [0.29, 0.717) is 5.02 Å². The van der Waals surface area contributed by atoms with Crippen LogP contribution in [-0.4, -0.2) is 33.7 Å². The van der Waals surface area contributed by atoms with E-state index in [4.69, 9.17) is 52.6 Å². The average Bonchev–Trinajstić information content (AvgIpc) is 3.27. The maximum absolute atomic E-state index is 13.7. The molecular formula is C22H21Cl3N4O. The highest BCUT2D eigenvalue weighted by Crippen LogP contribution is 2.33. The van der Waals surface area contributed by atoms with Crippen LogP contribution < -0.4 is 5.43 Å². The van der Waals surface area contributed by atoms with Crippen LogP contribution in [0.3, 0.4) is 0 Å². The van der Waals surface area contributed by atoms with Crippen LogP contribution in [0, 0.1) is 6.85 Å². The molecule has 0 unspecified atom stereocenters. The van der Waals surface area contributed by atoms with Crippen LogP contribution in [0.25, 0.3) is 16.9 Å². The first-order valence-electron chi connectivity index (χ1n) is 14.9. The molecule has 2 heterocycles. The third kappa shape index (κ3) is 4.35. The molecule has 4 rings (SSSR count). The molecule has 0 saturated carbocycles. The van der Waals surface area contributed by atoms with E-state index in [1.54, 1.807) is 5.43 Å². The average molecular weight is 477 g/mol. The van der Waals surface area contributed by atoms with Gasteiger partial charge in [0.2, 0.25) is 0 Å². The molecule has 1 aromatic heterocycles. The van der Waals surface area contributed by atoms with E-state index < -0.39 is 56.1 Å². The Labute approximate surface area is 208 Å². The smallest absolute Gasteiger partial charge is 0.283 e. The summed E-state index contributed by atoms with van der Waals surface area (Å²) in [6.45, 7) is -10.5. The van der Waals surface area contributed by atoms with Gasteiger partial charge in [0, 0.05) is 52.0 Å². The fourth-order valence-electron chi connectivity index (χ4n) is 2.72. The molecule has 0 atom stereocenters. The molecule has 1 N–H and O–H groups in total. The summed E-state index contributed by atoms with van der Waals surface area (Å²) in [6, 6.07) is 9.88. The zero-order chi connectivity index (χ0) is 32.7. The second-order valence-corrected chi connectivity index (χ2v) is 7.24. The third-order valence-corrected chi connectivity index (χ3v) is 4.82. The minimum Gasteiger partial charge on any atom is -0.283 e. The van der Waals surface area contributed by atoms with Crippen molar-refractivity contribution in [2.75, 3.05) is 13.0 Å². The lowest BCUT2D eigenvalue weighted by Gasteiger charge is -2.26. The van der Waals surface area contributed by atoms with Gasteiger partial charge in [0.05, 0.1) is 16.4 Å². The number of piperidine rings is 1. The van der Waals surface area contributed by atoms with Gasteiger partial charge in [0.25, 0.3) is 5.91 Å². The molecule has 1 saturated heterocycles. The number of amides is 1. The third-order valence-electron chi connectivity index (χ3n) is 4.03. The molecule has 1 aliphatic rings. The first-order chi connectivity index (χ1) is 19.4. The van der Waals surface area contributed by atoms with E-state index in [9.17, 15) is 4.79 Å². The minimum absolute atomic E-state index is 0.0124. The van der Waals surface area contributed by atoms with E-state index in [-0.39, 0.29) is 32.0 Å². The Morgan fingerprint density at radius 2 is 1.77 bits per heavy atom. The van der Waals surface area contributed by atoms with Crippen LogP contribution in [0.4, 0.5) is 0 Å². The van der Waals surface area contributed by atoms with Crippen LogP contribution in [-0.2, 0) is 0 Å². The lowest BCUT2D eigenvalue weighted by Crippen LogP contribution is -2.45. The van der Waals surface area contributed by atoms with Crippen LogP contribution in [0.1, 0.15) is 53.0 Å². The molecule has 8 heteroatoms. The standard InChI is InChI=1S/C22H21Cl3N4O/c1-14-20(22(30)27-28-11-3-2-4-12-28)26-29(19-10-9-17(24)13-18(19)25)21(14)15-5-7-16(23)8-6-15/h5-10,13H,2-4,11-12H2,1H3,(H,27,30)/i1D3,2D2,3D2,4D2,11D2,12D2. The molecule has 0 bridgehead atoms. The highest BCUT2D eigenvalue weighted by molar-refractivity contribution is 6.35. The van der Waals surface area contributed by atoms with Gasteiger partial charge in [-0.1, -0.05) is 53.3 Å². The number of carbonyl (C=O) groups excluding carboxylic acids is 1. The molecule has 1 amide bonds. The molecule has 156 valence electrons. The quantitative estimate of drug-likeness (QED) is 0.507. The van der Waals surface area contributed by atoms with Gasteiger partial charge in [0.15, 0.2) is 5.69 Å². The van der Waals surface area contributed by atoms with Crippen molar-refractivity contribution < 1.29 is 22.6 Å². The van der Waals surface area contributed by atoms with E-state index in [0.717, 1.165) is 4.68 Å². The highest BCUT2D eigenvalue weighted by Gasteiger charge is 2.24. The number of rotatable bonds is 4. The Balaban J connectivity index is 1.98. The lowest BCUT2D eigenvalue weighted by molar-refractivity contribution is 0.0743. The van der Waals surface area contributed by atoms with Crippen molar-refractivity contribution in [3.05, 3.63) is 68.8 Å². The van der Waals surface area contributed by atoms with Gasteiger partial charge in [-0.2, -0.15) is 5.10 Å². The van der Waals surface area contributed by atoms with E-state index in [2.05, 4.69) is 5.10 Å². The van der Waals surface area contributed by atoms with Gasteiger partial charge in [-0.25, -0.2) is 9.69 Å². The van der Waals surface area contributed by atoms with E-state index in [1.165, 1.54) is 42.5 Å². The van der Waals surface area contributed by atoms with Crippen molar-refractivity contribution in [3.63, 3.8) is 0 Å². The SMILES string of the molecule is [2H]C([2H])([2H])c1c(C(=O)NN2C([2H])([2H])C([2H])([2H])C([2H])([2H])C([2H])([2H])C2([2H])[2H])nn(-c2ccc(Cl)cc2Cl)c1-c1ccc(Cl)cc1. The van der Waals surface area contributed by atoms with Crippen molar-refractivity contribution in [2.24, 2.45) is 0 Å². The first kappa shape index (κ1) is 10.5. The molecule has 0 spiro atoms. The van der Waals surface area contributed by atoms with Gasteiger partial charge in [-0.3, -0.25) is 10.2 Å². The predicted molar refractivity (Wildman–Crippen MR) is 122 cm³/mol. The summed E-state index contributed by atoms with van der Waals surface area (Å²) in [5, 5.41) is 4.33. The molecule has 1 aliphatic heterocycles. The highest BCUT2D eigenvalue weighted by atomic mass is 35.5. The number of nitrogens with one attached hydrogen (secondary N) is 1. The molecule has 0 aliphatic carbocycles. The number of carbonyl (C=O) groups is 1. The zero-order valence-corrected chi connectivity index (χ0v) is 17.2. The molecule has 1 fully saturated rings. The second kappa shape index (κ2) is 8.98. The predicted octanol–water partition coefficient (Wildman–Crippen LogP) is 5.94. The van der Waals surface area contributed by atoms with Gasteiger partial charge in [0.1, 0.15) is 0 Å². The molecule has 30 heavy (non-hydrogen) atoms. The number of nitrogens with zero attached hydrogens (tertiary/aromatic N) is 3. The van der Waals surface area contributed by atoms with Gasteiger partial charge in [-0.15, -0.1) is 0 Å². The Kier molecular flexibility index (Phi) is 3.15. The van der Waals surface area contributed by atoms with Crippen molar-refractivity contribution in [1.82, 2.24) is 20.2 Å². The molecular weight excluding hydrogens is 443 g/mol. The van der Waals surface area contributed by atoms with Gasteiger partial charge in [-0.05, 0) is 49.9 Å². The summed E-state index contributed by atoms with van der Waals surface area (Å²) in [5.41, 5.74) is 0.232. The minimum atomic E-state index is -3.74. The fourth-order valence-corrected chi connectivity index (χ4v) is 3.33. The Bertz CT molecular complexity index is 1560. The second-order valence-electron chi connectivity index (χ2n) is 5.96. The largest absolute Gasteiger partial charge is 0.286 e. The van der Waals surface area contributed by atoms with Crippen molar-refractivity contribution in [2.45, 2.75) is 26.0 Å². The van der Waals surface area contributed by atoms with Crippen molar-refractivity contribution in [1.29, 1.82) is 0 Å². The lowest BCUT2D eigenvalue weighted by atomic mass is 10.1. The van der Waals surface area contributed by atoms with E-state index >= 15 is 0 Å². The van der Waals surface area contributed by atoms with Crippen molar-refractivity contribution in [3.8, 4) is 16.9 Å². The zero-order valence-electron chi connectivity index (χ0n) is 27.9. The van der Waals surface area contributed by atoms with Crippen LogP contribution in [0.5, 0.6) is 0 Å². The van der Waals surface area contributed by atoms with E-state index in [1.807, 2.05) is 0 Å². The number of aromatic nitrogens is 2. The Morgan fingerprint density at radius 3 is 2.43 bits per heavy atom. The fraction of sp³-hybridized carbons (Fsp3) is 0.273. The maximum Gasteiger partial charge on any atom is 0.286 e. The molecule has 5 nitrogen and oxygen atoms in total. The number of halogens is 3. The summed E-state index contributed by atoms with van der Waals surface area (Å²) < 4.78 is 107. The summed E-state index contributed by atoms with van der Waals surface area (Å²) in [4.78, 5) is 13.7. The molecule has 2 aromatic carbocycles.